The summed E-state index contributed by atoms with van der Waals surface area (Å²) in [5.41, 5.74) is 1.75. The quantitative estimate of drug-likeness (QED) is 0.534. The van der Waals surface area contributed by atoms with Crippen LogP contribution in [0.5, 0.6) is 0 Å². The molecule has 0 amide bonds. The number of fused-ring (bicyclic) bond motifs is 1. The summed E-state index contributed by atoms with van der Waals surface area (Å²) >= 11 is 0. The van der Waals surface area contributed by atoms with Gasteiger partial charge in [-0.05, 0) is 12.1 Å². The van der Waals surface area contributed by atoms with Gasteiger partial charge in [-0.25, -0.2) is 9.97 Å². The van der Waals surface area contributed by atoms with Crippen LogP contribution in [0, 0.1) is 0 Å². The minimum Gasteiger partial charge on any atom is -0.461 e. The Bertz CT molecular complexity index is 1040. The molecule has 4 aromatic rings. The number of carbonyl (C=O) groups is 1. The summed E-state index contributed by atoms with van der Waals surface area (Å²) < 4.78 is 6.88. The number of benzene rings is 1. The van der Waals surface area contributed by atoms with Crippen molar-refractivity contribution in [2.24, 2.45) is 0 Å². The maximum atomic E-state index is 13.0. The third-order valence-electron chi connectivity index (χ3n) is 3.79. The van der Waals surface area contributed by atoms with Gasteiger partial charge in [-0.2, -0.15) is 4.98 Å². The first-order valence-corrected chi connectivity index (χ1v) is 7.71. The fourth-order valence-electron chi connectivity index (χ4n) is 2.59. The molecule has 0 saturated heterocycles. The summed E-state index contributed by atoms with van der Waals surface area (Å²) in [6, 6.07) is 12.8. The van der Waals surface area contributed by atoms with E-state index in [9.17, 15) is 4.79 Å². The van der Waals surface area contributed by atoms with Gasteiger partial charge in [0.05, 0.1) is 6.26 Å². The highest BCUT2D eigenvalue weighted by Crippen LogP contribution is 2.26. The molecule has 0 N–H and O–H groups in total. The summed E-state index contributed by atoms with van der Waals surface area (Å²) in [6.45, 7) is 0. The highest BCUT2D eigenvalue weighted by Gasteiger charge is 2.24. The number of nitrogens with zero attached hydrogens (tertiary/aromatic N) is 5. The Labute approximate surface area is 143 Å². The molecule has 25 heavy (non-hydrogen) atoms. The fraction of sp³-hybridized carbons (Fsp3) is 0.111. The second-order valence-corrected chi connectivity index (χ2v) is 5.70. The Kier molecular flexibility index (Phi) is 3.53. The molecule has 0 aliphatic heterocycles. The number of hydrogen-bond donors (Lipinski definition) is 0. The first kappa shape index (κ1) is 15.1. The highest BCUT2D eigenvalue weighted by molar-refractivity contribution is 6.10. The van der Waals surface area contributed by atoms with Gasteiger partial charge >= 0.3 is 0 Å². The molecule has 7 nitrogen and oxygen atoms in total. The van der Waals surface area contributed by atoms with E-state index in [2.05, 4.69) is 15.0 Å². The van der Waals surface area contributed by atoms with Crippen molar-refractivity contribution in [2.75, 3.05) is 19.0 Å². The highest BCUT2D eigenvalue weighted by atomic mass is 16.3. The largest absolute Gasteiger partial charge is 0.461 e. The second-order valence-electron chi connectivity index (χ2n) is 5.70. The van der Waals surface area contributed by atoms with Crippen LogP contribution in [0.3, 0.4) is 0 Å². The van der Waals surface area contributed by atoms with Crippen LogP contribution in [0.25, 0.3) is 17.0 Å². The van der Waals surface area contributed by atoms with Crippen LogP contribution in [-0.2, 0) is 0 Å². The Hall–Kier alpha value is -3.48. The number of anilines is 1. The van der Waals surface area contributed by atoms with Gasteiger partial charge in [0.25, 0.3) is 0 Å². The van der Waals surface area contributed by atoms with Gasteiger partial charge in [-0.1, -0.05) is 30.3 Å². The first-order valence-electron chi connectivity index (χ1n) is 7.71. The molecule has 0 fully saturated rings. The molecule has 0 atom stereocenters. The Morgan fingerprint density at radius 2 is 1.88 bits per heavy atom. The van der Waals surface area contributed by atoms with Crippen molar-refractivity contribution in [3.63, 3.8) is 0 Å². The van der Waals surface area contributed by atoms with Crippen LogP contribution in [0.15, 0.2) is 59.5 Å². The molecule has 0 bridgehead atoms. The van der Waals surface area contributed by atoms with E-state index < -0.39 is 0 Å². The molecule has 0 spiro atoms. The number of rotatable bonds is 4. The van der Waals surface area contributed by atoms with E-state index in [4.69, 9.17) is 4.42 Å². The maximum Gasteiger partial charge on any atom is 0.247 e. The van der Waals surface area contributed by atoms with E-state index in [-0.39, 0.29) is 11.5 Å². The predicted octanol–water partition coefficient (Wildman–Crippen LogP) is 2.68. The topological polar surface area (TPSA) is 76.5 Å². The summed E-state index contributed by atoms with van der Waals surface area (Å²) in [6.07, 6.45) is 3.03. The van der Waals surface area contributed by atoms with E-state index >= 15 is 0 Å². The average molecular weight is 333 g/mol. The predicted molar refractivity (Wildman–Crippen MR) is 92.7 cm³/mol. The lowest BCUT2D eigenvalue weighted by atomic mass is 10.1. The zero-order valence-corrected chi connectivity index (χ0v) is 13.7. The lowest BCUT2D eigenvalue weighted by molar-refractivity contribution is 0.100. The number of hydrogen-bond acceptors (Lipinski definition) is 6. The monoisotopic (exact) mass is 333 g/mol. The number of furan rings is 1. The van der Waals surface area contributed by atoms with Gasteiger partial charge in [0.1, 0.15) is 17.7 Å². The maximum absolute atomic E-state index is 13.0. The van der Waals surface area contributed by atoms with Crippen LogP contribution in [-0.4, -0.2) is 39.2 Å². The number of carbonyl (C=O) groups excluding carboxylic acids is 1. The normalized spacial score (nSPS) is 11.0. The molecule has 0 saturated carbocycles. The fourth-order valence-corrected chi connectivity index (χ4v) is 2.59. The van der Waals surface area contributed by atoms with Gasteiger partial charge in [-0.15, -0.1) is 0 Å². The molecule has 124 valence electrons. The first-order chi connectivity index (χ1) is 12.1. The number of ketones is 1. The lowest BCUT2D eigenvalue weighted by Gasteiger charge is -2.09. The van der Waals surface area contributed by atoms with Gasteiger partial charge in [0.2, 0.25) is 17.5 Å². The summed E-state index contributed by atoms with van der Waals surface area (Å²) in [5.74, 6) is 0.912. The molecular weight excluding hydrogens is 318 g/mol. The smallest absolute Gasteiger partial charge is 0.247 e. The molecule has 4 rings (SSSR count). The Balaban J connectivity index is 1.98. The van der Waals surface area contributed by atoms with Gasteiger partial charge in [0.15, 0.2) is 5.76 Å². The van der Waals surface area contributed by atoms with Gasteiger partial charge in [0, 0.05) is 19.7 Å². The molecule has 0 unspecified atom stereocenters. The van der Waals surface area contributed by atoms with Crippen molar-refractivity contribution in [3.05, 3.63) is 66.5 Å². The van der Waals surface area contributed by atoms with Gasteiger partial charge < -0.3 is 9.32 Å². The minimum absolute atomic E-state index is 0.246. The van der Waals surface area contributed by atoms with Crippen LogP contribution < -0.4 is 4.90 Å². The van der Waals surface area contributed by atoms with E-state index in [1.54, 1.807) is 27.8 Å². The van der Waals surface area contributed by atoms with E-state index in [0.717, 1.165) is 5.56 Å². The standard InChI is InChI=1S/C18H15N5O2/c1-22(2)17-19-11-23-15(16(24)13-9-6-10-25-13)14(20-18(23)21-17)12-7-4-3-5-8-12/h3-11H,1-2H3. The summed E-state index contributed by atoms with van der Waals surface area (Å²) in [5, 5.41) is 0. The molecule has 3 aromatic heterocycles. The number of imidazole rings is 1. The summed E-state index contributed by atoms with van der Waals surface area (Å²) in [7, 11) is 3.70. The molecule has 0 radical (unpaired) electrons. The molecule has 3 heterocycles. The van der Waals surface area contributed by atoms with E-state index in [1.165, 1.54) is 6.26 Å². The molecule has 1 aromatic carbocycles. The van der Waals surface area contributed by atoms with Crippen LogP contribution in [0.1, 0.15) is 16.2 Å². The minimum atomic E-state index is -0.266. The number of aromatic nitrogens is 4. The molecule has 7 heteroatoms. The molecule has 0 aliphatic carbocycles. The zero-order valence-electron chi connectivity index (χ0n) is 13.7. The lowest BCUT2D eigenvalue weighted by Crippen LogP contribution is -2.14. The van der Waals surface area contributed by atoms with E-state index in [0.29, 0.717) is 23.1 Å². The van der Waals surface area contributed by atoms with E-state index in [1.807, 2.05) is 44.4 Å². The van der Waals surface area contributed by atoms with Crippen molar-refractivity contribution in [2.45, 2.75) is 0 Å². The van der Waals surface area contributed by atoms with Crippen LogP contribution in [0.2, 0.25) is 0 Å². The van der Waals surface area contributed by atoms with Crippen molar-refractivity contribution >= 4 is 17.5 Å². The summed E-state index contributed by atoms with van der Waals surface area (Å²) in [4.78, 5) is 28.1. The molecular formula is C18H15N5O2. The third-order valence-corrected chi connectivity index (χ3v) is 3.79. The van der Waals surface area contributed by atoms with Crippen molar-refractivity contribution in [3.8, 4) is 11.3 Å². The van der Waals surface area contributed by atoms with Crippen molar-refractivity contribution < 1.29 is 9.21 Å². The SMILES string of the molecule is CN(C)c1ncn2c(C(=O)c3ccco3)c(-c3ccccc3)nc2n1. The Morgan fingerprint density at radius 1 is 1.08 bits per heavy atom. The third kappa shape index (κ3) is 2.55. The van der Waals surface area contributed by atoms with Crippen molar-refractivity contribution in [1.82, 2.24) is 19.4 Å². The Morgan fingerprint density at radius 3 is 2.56 bits per heavy atom. The second kappa shape index (κ2) is 5.86. The van der Waals surface area contributed by atoms with Crippen LogP contribution >= 0.6 is 0 Å². The van der Waals surface area contributed by atoms with Gasteiger partial charge in [-0.3, -0.25) is 9.20 Å². The van der Waals surface area contributed by atoms with Crippen molar-refractivity contribution in [1.29, 1.82) is 0 Å². The molecule has 0 aliphatic rings. The zero-order chi connectivity index (χ0) is 17.4. The van der Waals surface area contributed by atoms with Crippen LogP contribution in [0.4, 0.5) is 5.95 Å². The average Bonchev–Trinajstić information content (AvgIpc) is 3.29.